The number of aromatic nitrogens is 2. The van der Waals surface area contributed by atoms with Gasteiger partial charge in [-0.2, -0.15) is 5.10 Å². The molecule has 4 aromatic carbocycles. The number of benzene rings is 4. The van der Waals surface area contributed by atoms with Crippen molar-refractivity contribution in [2.24, 2.45) is 0 Å². The number of nitrogens with one attached hydrogen (secondary N) is 1. The number of hydrogen-bond acceptors (Lipinski definition) is 3. The van der Waals surface area contributed by atoms with E-state index >= 15 is 0 Å². The Morgan fingerprint density at radius 2 is 1.53 bits per heavy atom. The molecule has 0 spiro atoms. The van der Waals surface area contributed by atoms with Gasteiger partial charge in [-0.25, -0.2) is 4.68 Å². The van der Waals surface area contributed by atoms with Gasteiger partial charge in [-0.1, -0.05) is 48.5 Å². The Bertz CT molecular complexity index is 1380. The summed E-state index contributed by atoms with van der Waals surface area (Å²) < 4.78 is 1.97. The predicted octanol–water partition coefficient (Wildman–Crippen LogP) is 5.11. The molecule has 5 aromatic rings. The van der Waals surface area contributed by atoms with Crippen LogP contribution in [0.4, 0.5) is 5.69 Å². The lowest BCUT2D eigenvalue weighted by Gasteiger charge is -2.14. The van der Waals surface area contributed by atoms with Crippen LogP contribution in [-0.4, -0.2) is 22.7 Å². The number of carbonyl (C=O) groups is 1. The number of carbonyl (C=O) groups excluding carboxylic acids is 1. The first kappa shape index (κ1) is 19.8. The van der Waals surface area contributed by atoms with Gasteiger partial charge in [-0.05, 0) is 57.9 Å². The zero-order chi connectivity index (χ0) is 22.1. The van der Waals surface area contributed by atoms with Gasteiger partial charge >= 0.3 is 0 Å². The van der Waals surface area contributed by atoms with E-state index in [2.05, 4.69) is 66.0 Å². The number of nitrogens with two attached hydrogens (primary N) is 1. The van der Waals surface area contributed by atoms with Crippen LogP contribution < -0.4 is 11.1 Å². The van der Waals surface area contributed by atoms with Crippen molar-refractivity contribution in [3.8, 4) is 16.9 Å². The van der Waals surface area contributed by atoms with Crippen LogP contribution in [-0.2, 0) is 11.2 Å². The highest BCUT2D eigenvalue weighted by Gasteiger charge is 2.17. The average Bonchev–Trinajstić information content (AvgIpc) is 3.25. The van der Waals surface area contributed by atoms with Crippen LogP contribution in [0.1, 0.15) is 12.1 Å². The van der Waals surface area contributed by atoms with Crippen molar-refractivity contribution >= 4 is 33.1 Å². The molecule has 3 N–H and O–H groups in total. The van der Waals surface area contributed by atoms with Gasteiger partial charge in [0.1, 0.15) is 0 Å². The Morgan fingerprint density at radius 1 is 0.906 bits per heavy atom. The minimum atomic E-state index is 0.00388. The molecule has 0 bridgehead atoms. The summed E-state index contributed by atoms with van der Waals surface area (Å²) in [5.41, 5.74) is 10.6. The number of nitrogens with zero attached hydrogens (tertiary/aromatic N) is 2. The fourth-order valence-corrected chi connectivity index (χ4v) is 4.20. The largest absolute Gasteiger partial charge is 0.399 e. The van der Waals surface area contributed by atoms with Crippen molar-refractivity contribution in [3.05, 3.63) is 90.6 Å². The highest BCUT2D eigenvalue weighted by molar-refractivity contribution is 6.12. The van der Waals surface area contributed by atoms with E-state index in [1.165, 1.54) is 21.5 Å². The van der Waals surface area contributed by atoms with Crippen molar-refractivity contribution in [2.45, 2.75) is 12.8 Å². The van der Waals surface area contributed by atoms with Crippen molar-refractivity contribution in [2.75, 3.05) is 12.8 Å². The molecule has 32 heavy (non-hydrogen) atoms. The standard InChI is InChI=1S/C27H24N4O/c1-29-26(32)15-12-21-17-25(31(30-21)22-13-10-20(28)11-14-22)27-23-8-4-2-6-18(23)16-19-7-3-5-9-24(19)27/h2-11,13-14,16-17H,12,15,28H2,1H3,(H,29,32). The van der Waals surface area contributed by atoms with E-state index in [-0.39, 0.29) is 5.91 Å². The molecular formula is C27H24N4O. The molecule has 5 nitrogen and oxygen atoms in total. The van der Waals surface area contributed by atoms with Crippen molar-refractivity contribution < 1.29 is 4.79 Å². The number of hydrogen-bond donors (Lipinski definition) is 2. The quantitative estimate of drug-likeness (QED) is 0.307. The second-order valence-electron chi connectivity index (χ2n) is 7.89. The van der Waals surface area contributed by atoms with Gasteiger partial charge in [-0.15, -0.1) is 0 Å². The normalized spacial score (nSPS) is 11.2. The highest BCUT2D eigenvalue weighted by atomic mass is 16.1. The van der Waals surface area contributed by atoms with E-state index in [0.29, 0.717) is 18.5 Å². The lowest BCUT2D eigenvalue weighted by atomic mass is 9.94. The van der Waals surface area contributed by atoms with Gasteiger partial charge in [0.25, 0.3) is 0 Å². The molecule has 0 saturated carbocycles. The maximum atomic E-state index is 11.8. The summed E-state index contributed by atoms with van der Waals surface area (Å²) in [5.74, 6) is 0.00388. The summed E-state index contributed by atoms with van der Waals surface area (Å²) in [5, 5.41) is 12.3. The third kappa shape index (κ3) is 3.58. The summed E-state index contributed by atoms with van der Waals surface area (Å²) in [6.07, 6.45) is 0.961. The van der Waals surface area contributed by atoms with Gasteiger partial charge in [0.05, 0.1) is 17.1 Å². The lowest BCUT2D eigenvalue weighted by molar-refractivity contribution is -0.120. The molecule has 0 saturated heterocycles. The van der Waals surface area contributed by atoms with Crippen LogP contribution in [0.25, 0.3) is 38.5 Å². The maximum absolute atomic E-state index is 11.8. The Kier molecular flexibility index (Phi) is 5.07. The number of anilines is 1. The Hall–Kier alpha value is -4.12. The number of fused-ring (bicyclic) bond motifs is 2. The number of aryl methyl sites for hydroxylation is 1. The SMILES string of the molecule is CNC(=O)CCc1cc(-c2c3ccccc3cc3ccccc23)n(-c2ccc(N)cc2)n1. The summed E-state index contributed by atoms with van der Waals surface area (Å²) in [7, 11) is 1.66. The molecule has 0 aliphatic rings. The second-order valence-corrected chi connectivity index (χ2v) is 7.89. The third-order valence-corrected chi connectivity index (χ3v) is 5.81. The fraction of sp³-hybridized carbons (Fsp3) is 0.111. The van der Waals surface area contributed by atoms with Crippen molar-refractivity contribution in [3.63, 3.8) is 0 Å². The Labute approximate surface area is 186 Å². The highest BCUT2D eigenvalue weighted by Crippen LogP contribution is 2.37. The molecular weight excluding hydrogens is 396 g/mol. The summed E-state index contributed by atoms with van der Waals surface area (Å²) >= 11 is 0. The van der Waals surface area contributed by atoms with E-state index in [1.807, 2.05) is 28.9 Å². The van der Waals surface area contributed by atoms with Crippen LogP contribution in [0, 0.1) is 0 Å². The van der Waals surface area contributed by atoms with Crippen LogP contribution in [0.5, 0.6) is 0 Å². The summed E-state index contributed by atoms with van der Waals surface area (Å²) in [6, 6.07) is 28.9. The first-order chi connectivity index (χ1) is 15.6. The maximum Gasteiger partial charge on any atom is 0.220 e. The van der Waals surface area contributed by atoms with E-state index in [1.54, 1.807) is 7.05 Å². The molecule has 0 atom stereocenters. The Morgan fingerprint density at radius 3 is 2.16 bits per heavy atom. The second kappa shape index (κ2) is 8.19. The van der Waals surface area contributed by atoms with Crippen LogP contribution in [0.2, 0.25) is 0 Å². The van der Waals surface area contributed by atoms with Crippen LogP contribution in [0.15, 0.2) is 84.9 Å². The minimum Gasteiger partial charge on any atom is -0.399 e. The molecule has 0 radical (unpaired) electrons. The zero-order valence-electron chi connectivity index (χ0n) is 17.9. The minimum absolute atomic E-state index is 0.00388. The van der Waals surface area contributed by atoms with Gasteiger partial charge in [-0.3, -0.25) is 4.79 Å². The van der Waals surface area contributed by atoms with E-state index < -0.39 is 0 Å². The molecule has 0 aliphatic heterocycles. The van der Waals surface area contributed by atoms with E-state index in [4.69, 9.17) is 10.8 Å². The first-order valence-corrected chi connectivity index (χ1v) is 10.7. The van der Waals surface area contributed by atoms with Crippen molar-refractivity contribution in [1.82, 2.24) is 15.1 Å². The summed E-state index contributed by atoms with van der Waals surface area (Å²) in [6.45, 7) is 0. The third-order valence-electron chi connectivity index (χ3n) is 5.81. The zero-order valence-corrected chi connectivity index (χ0v) is 17.9. The average molecular weight is 421 g/mol. The molecule has 5 heteroatoms. The molecule has 1 amide bonds. The molecule has 5 rings (SSSR count). The lowest BCUT2D eigenvalue weighted by Crippen LogP contribution is -2.18. The molecule has 0 aliphatic carbocycles. The molecule has 1 aromatic heterocycles. The van der Waals surface area contributed by atoms with Crippen molar-refractivity contribution in [1.29, 1.82) is 0 Å². The van der Waals surface area contributed by atoms with Crippen LogP contribution >= 0.6 is 0 Å². The molecule has 0 fully saturated rings. The predicted molar refractivity (Wildman–Crippen MR) is 131 cm³/mol. The number of amides is 1. The topological polar surface area (TPSA) is 72.9 Å². The Balaban J connectivity index is 1.78. The first-order valence-electron chi connectivity index (χ1n) is 10.7. The van der Waals surface area contributed by atoms with Gasteiger partial charge in [0.15, 0.2) is 0 Å². The van der Waals surface area contributed by atoms with Gasteiger partial charge in [0, 0.05) is 31.1 Å². The smallest absolute Gasteiger partial charge is 0.220 e. The van der Waals surface area contributed by atoms with E-state index in [9.17, 15) is 4.79 Å². The molecule has 158 valence electrons. The molecule has 0 unspecified atom stereocenters. The number of rotatable bonds is 5. The monoisotopic (exact) mass is 420 g/mol. The van der Waals surface area contributed by atoms with E-state index in [0.717, 1.165) is 22.6 Å². The van der Waals surface area contributed by atoms with Gasteiger partial charge < -0.3 is 11.1 Å². The number of nitrogen functional groups attached to an aromatic ring is 1. The summed E-state index contributed by atoms with van der Waals surface area (Å²) in [4.78, 5) is 11.8. The fourth-order valence-electron chi connectivity index (χ4n) is 4.20. The van der Waals surface area contributed by atoms with Crippen LogP contribution in [0.3, 0.4) is 0 Å². The van der Waals surface area contributed by atoms with Gasteiger partial charge in [0.2, 0.25) is 5.91 Å². The molecule has 1 heterocycles.